The van der Waals surface area contributed by atoms with Gasteiger partial charge >= 0.3 is 0 Å². The summed E-state index contributed by atoms with van der Waals surface area (Å²) < 4.78 is 27.6. The molecule has 7 heteroatoms. The van der Waals surface area contributed by atoms with Crippen LogP contribution < -0.4 is 5.73 Å². The number of rotatable bonds is 3. The number of nitrogens with zero attached hydrogens (tertiary/aromatic N) is 1. The van der Waals surface area contributed by atoms with Gasteiger partial charge in [-0.15, -0.1) is 0 Å². The maximum absolute atomic E-state index is 12.7. The van der Waals surface area contributed by atoms with Crippen molar-refractivity contribution < 1.29 is 8.42 Å². The van der Waals surface area contributed by atoms with Gasteiger partial charge < -0.3 is 5.73 Å². The minimum atomic E-state index is -3.57. The molecule has 2 rings (SSSR count). The number of hydrogen-bond acceptors (Lipinski definition) is 3. The maximum atomic E-state index is 12.7. The van der Waals surface area contributed by atoms with Crippen LogP contribution in [0.15, 0.2) is 27.6 Å². The monoisotopic (exact) mass is 380 g/mol. The highest BCUT2D eigenvalue weighted by Gasteiger charge is 2.32. The van der Waals surface area contributed by atoms with Crippen LogP contribution in [0.5, 0.6) is 0 Å². The third-order valence-corrected chi connectivity index (χ3v) is 6.52. The smallest absolute Gasteiger partial charge is 0.244 e. The van der Waals surface area contributed by atoms with Crippen molar-refractivity contribution >= 4 is 37.6 Å². The number of halogens is 2. The molecule has 2 atom stereocenters. The molecule has 0 unspecified atom stereocenters. The van der Waals surface area contributed by atoms with Gasteiger partial charge in [-0.05, 0) is 43.9 Å². The van der Waals surface area contributed by atoms with Gasteiger partial charge in [-0.25, -0.2) is 8.42 Å². The second-order valence-electron chi connectivity index (χ2n) is 5.20. The van der Waals surface area contributed by atoms with Crippen molar-refractivity contribution in [2.75, 3.05) is 13.1 Å². The van der Waals surface area contributed by atoms with Gasteiger partial charge in [-0.2, -0.15) is 4.31 Å². The number of nitrogens with two attached hydrogens (primary N) is 1. The van der Waals surface area contributed by atoms with Gasteiger partial charge in [0.05, 0.1) is 5.02 Å². The van der Waals surface area contributed by atoms with Gasteiger partial charge in [-0.3, -0.25) is 0 Å². The Morgan fingerprint density at radius 2 is 2.20 bits per heavy atom. The zero-order valence-corrected chi connectivity index (χ0v) is 14.4. The van der Waals surface area contributed by atoms with Gasteiger partial charge in [0.1, 0.15) is 4.90 Å². The molecule has 0 saturated carbocycles. The minimum Gasteiger partial charge on any atom is -0.328 e. The van der Waals surface area contributed by atoms with Crippen LogP contribution in [0.1, 0.15) is 19.8 Å². The molecule has 1 aliphatic rings. The van der Waals surface area contributed by atoms with Crippen molar-refractivity contribution in [1.82, 2.24) is 4.31 Å². The molecule has 2 N–H and O–H groups in total. The van der Waals surface area contributed by atoms with E-state index in [2.05, 4.69) is 15.9 Å². The summed E-state index contributed by atoms with van der Waals surface area (Å²) in [5, 5.41) is 0.246. The highest BCUT2D eigenvalue weighted by molar-refractivity contribution is 9.10. The molecule has 0 bridgehead atoms. The Morgan fingerprint density at radius 3 is 2.85 bits per heavy atom. The zero-order valence-electron chi connectivity index (χ0n) is 11.2. The lowest BCUT2D eigenvalue weighted by molar-refractivity contribution is 0.243. The number of piperidine rings is 1. The summed E-state index contributed by atoms with van der Waals surface area (Å²) in [7, 11) is -3.57. The van der Waals surface area contributed by atoms with E-state index >= 15 is 0 Å². The molecule has 4 nitrogen and oxygen atoms in total. The first-order chi connectivity index (χ1) is 9.32. The lowest BCUT2D eigenvalue weighted by Gasteiger charge is -2.33. The molecule has 0 spiro atoms. The van der Waals surface area contributed by atoms with Gasteiger partial charge in [0.25, 0.3) is 0 Å². The van der Waals surface area contributed by atoms with Crippen molar-refractivity contribution in [3.63, 3.8) is 0 Å². The fourth-order valence-electron chi connectivity index (χ4n) is 2.44. The van der Waals surface area contributed by atoms with Crippen molar-refractivity contribution in [3.05, 3.63) is 27.7 Å². The summed E-state index contributed by atoms with van der Waals surface area (Å²) in [4.78, 5) is 0.152. The quantitative estimate of drug-likeness (QED) is 0.875. The fraction of sp³-hybridized carbons (Fsp3) is 0.538. The number of sulfonamides is 1. The zero-order chi connectivity index (χ0) is 14.9. The van der Waals surface area contributed by atoms with Crippen LogP contribution in [0.4, 0.5) is 0 Å². The second-order valence-corrected chi connectivity index (χ2v) is 8.43. The van der Waals surface area contributed by atoms with Gasteiger partial charge in [-0.1, -0.05) is 27.5 Å². The second kappa shape index (κ2) is 6.32. The number of hydrogen-bond donors (Lipinski definition) is 1. The molecule has 0 radical (unpaired) electrons. The van der Waals surface area contributed by atoms with E-state index in [0.717, 1.165) is 12.8 Å². The van der Waals surface area contributed by atoms with E-state index < -0.39 is 10.0 Å². The predicted molar refractivity (Wildman–Crippen MR) is 84.3 cm³/mol. The van der Waals surface area contributed by atoms with Gasteiger partial charge in [0.15, 0.2) is 0 Å². The fourth-order valence-corrected chi connectivity index (χ4v) is 4.98. The van der Waals surface area contributed by atoms with Crippen LogP contribution in [0.2, 0.25) is 5.02 Å². The lowest BCUT2D eigenvalue weighted by atomic mass is 9.93. The standard InChI is InChI=1S/C13H18BrClN2O2S/c1-9(16)10-3-2-6-17(8-10)20(18,19)13-7-11(14)4-5-12(13)15/h4-5,7,9-10H,2-3,6,8,16H2,1H3/t9-,10-/m0/s1. The average Bonchev–Trinajstić information content (AvgIpc) is 2.41. The molecule has 0 aromatic heterocycles. The summed E-state index contributed by atoms with van der Waals surface area (Å²) in [5.74, 6) is 0.199. The predicted octanol–water partition coefficient (Wildman–Crippen LogP) is 2.85. The Kier molecular flexibility index (Phi) is 5.13. The van der Waals surface area contributed by atoms with Crippen LogP contribution in [-0.2, 0) is 10.0 Å². The molecule has 1 aliphatic heterocycles. The van der Waals surface area contributed by atoms with Crippen molar-refractivity contribution in [1.29, 1.82) is 0 Å². The molecule has 0 aliphatic carbocycles. The molecule has 20 heavy (non-hydrogen) atoms. The molecule has 0 amide bonds. The van der Waals surface area contributed by atoms with E-state index in [0.29, 0.717) is 17.6 Å². The Balaban J connectivity index is 2.32. The Bertz CT molecular complexity index is 592. The van der Waals surface area contributed by atoms with E-state index in [1.54, 1.807) is 18.2 Å². The largest absolute Gasteiger partial charge is 0.328 e. The normalized spacial score (nSPS) is 22.7. The van der Waals surface area contributed by atoms with Crippen LogP contribution in [0.3, 0.4) is 0 Å². The van der Waals surface area contributed by atoms with E-state index in [-0.39, 0.29) is 21.9 Å². The summed E-state index contributed by atoms with van der Waals surface area (Å²) >= 11 is 9.33. The van der Waals surface area contributed by atoms with Crippen molar-refractivity contribution in [2.45, 2.75) is 30.7 Å². The molecular weight excluding hydrogens is 364 g/mol. The van der Waals surface area contributed by atoms with Crippen molar-refractivity contribution in [3.8, 4) is 0 Å². The van der Waals surface area contributed by atoms with E-state index in [1.165, 1.54) is 4.31 Å². The SMILES string of the molecule is C[C@H](N)[C@H]1CCCN(S(=O)(=O)c2cc(Br)ccc2Cl)C1. The first-order valence-corrected chi connectivity index (χ1v) is 9.14. The Hall–Kier alpha value is -0.140. The van der Waals surface area contributed by atoms with E-state index in [1.807, 2.05) is 6.92 Å². The molecule has 1 heterocycles. The summed E-state index contributed by atoms with van der Waals surface area (Å²) in [6.07, 6.45) is 1.80. The van der Waals surface area contributed by atoms with E-state index in [9.17, 15) is 8.42 Å². The van der Waals surface area contributed by atoms with Crippen LogP contribution in [-0.4, -0.2) is 31.9 Å². The summed E-state index contributed by atoms with van der Waals surface area (Å²) in [5.41, 5.74) is 5.91. The average molecular weight is 382 g/mol. The minimum absolute atomic E-state index is 0.00835. The molecule has 112 valence electrons. The topological polar surface area (TPSA) is 63.4 Å². The Labute approximate surface area is 133 Å². The third-order valence-electron chi connectivity index (χ3n) is 3.68. The van der Waals surface area contributed by atoms with Crippen LogP contribution in [0.25, 0.3) is 0 Å². The first kappa shape index (κ1) is 16.2. The first-order valence-electron chi connectivity index (χ1n) is 6.53. The molecular formula is C13H18BrClN2O2S. The van der Waals surface area contributed by atoms with Gasteiger partial charge in [0.2, 0.25) is 10.0 Å². The highest BCUT2D eigenvalue weighted by atomic mass is 79.9. The van der Waals surface area contributed by atoms with Crippen LogP contribution >= 0.6 is 27.5 Å². The maximum Gasteiger partial charge on any atom is 0.244 e. The molecule has 1 aromatic carbocycles. The van der Waals surface area contributed by atoms with E-state index in [4.69, 9.17) is 17.3 Å². The summed E-state index contributed by atoms with van der Waals surface area (Å²) in [6.45, 7) is 2.91. The van der Waals surface area contributed by atoms with Crippen LogP contribution in [0, 0.1) is 5.92 Å². The Morgan fingerprint density at radius 1 is 1.50 bits per heavy atom. The lowest BCUT2D eigenvalue weighted by Crippen LogP contribution is -2.45. The number of benzene rings is 1. The molecule has 1 aromatic rings. The molecule has 1 fully saturated rings. The van der Waals surface area contributed by atoms with Gasteiger partial charge in [0, 0.05) is 23.6 Å². The van der Waals surface area contributed by atoms with Crippen molar-refractivity contribution in [2.24, 2.45) is 11.7 Å². The summed E-state index contributed by atoms with van der Waals surface area (Å²) in [6, 6.07) is 4.85. The highest BCUT2D eigenvalue weighted by Crippen LogP contribution is 2.30. The molecule has 1 saturated heterocycles. The third kappa shape index (κ3) is 3.36.